The highest BCUT2D eigenvalue weighted by Crippen LogP contribution is 2.38. The number of ether oxygens (including phenoxy) is 3. The monoisotopic (exact) mass is 650 g/mol. The van der Waals surface area contributed by atoms with Gasteiger partial charge >= 0.3 is 5.97 Å². The fourth-order valence-electron chi connectivity index (χ4n) is 3.50. The number of hydrogen-bond donors (Lipinski definition) is 0. The van der Waals surface area contributed by atoms with Gasteiger partial charge in [-0.2, -0.15) is 0 Å². The van der Waals surface area contributed by atoms with Gasteiger partial charge in [0, 0.05) is 12.1 Å². The molecule has 0 aliphatic carbocycles. The molecule has 0 bridgehead atoms. The van der Waals surface area contributed by atoms with Crippen LogP contribution in [0.4, 0.5) is 10.5 Å². The molecule has 0 atom stereocenters. The summed E-state index contributed by atoms with van der Waals surface area (Å²) in [4.78, 5) is 48.8. The molecule has 1 saturated heterocycles. The summed E-state index contributed by atoms with van der Waals surface area (Å²) in [7, 11) is 2.69. The van der Waals surface area contributed by atoms with E-state index < -0.39 is 22.0 Å². The molecule has 1 fully saturated rings. The summed E-state index contributed by atoms with van der Waals surface area (Å²) in [6.07, 6.45) is 1.57. The zero-order valence-corrected chi connectivity index (χ0v) is 22.9. The number of furan rings is 1. The van der Waals surface area contributed by atoms with Crippen LogP contribution in [-0.2, 0) is 22.7 Å². The highest BCUT2D eigenvalue weighted by molar-refractivity contribution is 14.1. The van der Waals surface area contributed by atoms with Crippen LogP contribution < -0.4 is 9.47 Å². The molecule has 13 heteroatoms. The molecule has 4 rings (SSSR count). The molecule has 196 valence electrons. The number of non-ortho nitro benzene ring substituents is 1. The quantitative estimate of drug-likeness (QED) is 0.0973. The third-order valence-corrected chi connectivity index (χ3v) is 7.00. The van der Waals surface area contributed by atoms with Crippen molar-refractivity contribution in [3.63, 3.8) is 0 Å². The van der Waals surface area contributed by atoms with Crippen LogP contribution in [0.25, 0.3) is 6.08 Å². The highest BCUT2D eigenvalue weighted by Gasteiger charge is 2.36. The summed E-state index contributed by atoms with van der Waals surface area (Å²) >= 11 is 2.84. The van der Waals surface area contributed by atoms with Gasteiger partial charge in [0.1, 0.15) is 12.4 Å². The number of rotatable bonds is 9. The number of carbonyl (C=O) groups is 3. The molecule has 11 nitrogen and oxygen atoms in total. The van der Waals surface area contributed by atoms with Crippen molar-refractivity contribution in [3.8, 4) is 11.5 Å². The van der Waals surface area contributed by atoms with E-state index in [9.17, 15) is 24.5 Å². The second-order valence-electron chi connectivity index (χ2n) is 7.78. The van der Waals surface area contributed by atoms with Gasteiger partial charge in [0.2, 0.25) is 5.76 Å². The number of benzene rings is 2. The maximum Gasteiger partial charge on any atom is 0.373 e. The topological polar surface area (TPSA) is 138 Å². The predicted octanol–water partition coefficient (Wildman–Crippen LogP) is 5.40. The molecule has 3 aromatic rings. The standard InChI is InChI=1S/C25H19IN2O9S/c1-34-20-10-15(9-18(26)22(20)36-13-14-4-3-5-16(8-14)28(32)33)11-21-23(29)27(25(31)38-21)12-17-6-7-19(37-17)24(30)35-2/h3-11H,12-13H2,1-2H3/b21-11+. The first-order chi connectivity index (χ1) is 18.2. The van der Waals surface area contributed by atoms with Gasteiger partial charge in [0.25, 0.3) is 16.8 Å². The van der Waals surface area contributed by atoms with Crippen molar-refractivity contribution in [1.29, 1.82) is 0 Å². The zero-order chi connectivity index (χ0) is 27.4. The lowest BCUT2D eigenvalue weighted by Crippen LogP contribution is -2.27. The van der Waals surface area contributed by atoms with Crippen molar-refractivity contribution in [1.82, 2.24) is 4.90 Å². The molecular weight excluding hydrogens is 631 g/mol. The number of methoxy groups -OCH3 is 2. The third kappa shape index (κ3) is 5.99. The molecular formula is C25H19IN2O9S. The van der Waals surface area contributed by atoms with Crippen molar-refractivity contribution in [3.05, 3.63) is 89.8 Å². The number of amides is 2. The Labute approximate surface area is 234 Å². The molecule has 0 N–H and O–H groups in total. The largest absolute Gasteiger partial charge is 0.493 e. The van der Waals surface area contributed by atoms with E-state index in [2.05, 4.69) is 27.3 Å². The van der Waals surface area contributed by atoms with E-state index >= 15 is 0 Å². The molecule has 2 amide bonds. The van der Waals surface area contributed by atoms with Gasteiger partial charge in [-0.3, -0.25) is 24.6 Å². The molecule has 0 unspecified atom stereocenters. The number of hydrogen-bond acceptors (Lipinski definition) is 10. The Morgan fingerprint density at radius 2 is 1.97 bits per heavy atom. The third-order valence-electron chi connectivity index (χ3n) is 5.29. The lowest BCUT2D eigenvalue weighted by molar-refractivity contribution is -0.384. The number of imide groups is 1. The van der Waals surface area contributed by atoms with Gasteiger partial charge in [-0.1, -0.05) is 12.1 Å². The SMILES string of the molecule is COC(=O)c1ccc(CN2C(=O)S/C(=C/c3cc(I)c(OCc4cccc([N+](=O)[O-])c4)c(OC)c3)C2=O)o1. The number of carbonyl (C=O) groups excluding carboxylic acids is 3. The van der Waals surface area contributed by atoms with Crippen LogP contribution in [0.3, 0.4) is 0 Å². The van der Waals surface area contributed by atoms with Crippen molar-refractivity contribution < 1.29 is 37.9 Å². The molecule has 2 aromatic carbocycles. The van der Waals surface area contributed by atoms with E-state index in [1.807, 2.05) is 0 Å². The summed E-state index contributed by atoms with van der Waals surface area (Å²) < 4.78 is 22.0. The molecule has 1 aromatic heterocycles. The van der Waals surface area contributed by atoms with Crippen LogP contribution in [0.5, 0.6) is 11.5 Å². The van der Waals surface area contributed by atoms with Gasteiger partial charge in [-0.05, 0) is 75.8 Å². The van der Waals surface area contributed by atoms with E-state index in [0.29, 0.717) is 26.2 Å². The van der Waals surface area contributed by atoms with E-state index in [0.717, 1.165) is 16.7 Å². The average molecular weight is 650 g/mol. The normalized spacial score (nSPS) is 14.2. The van der Waals surface area contributed by atoms with Crippen LogP contribution >= 0.6 is 34.4 Å². The first-order valence-electron chi connectivity index (χ1n) is 10.9. The summed E-state index contributed by atoms with van der Waals surface area (Å²) in [6.45, 7) is -0.0545. The van der Waals surface area contributed by atoms with Gasteiger partial charge in [0.15, 0.2) is 11.5 Å². The highest BCUT2D eigenvalue weighted by atomic mass is 127. The molecule has 38 heavy (non-hydrogen) atoms. The molecule has 0 spiro atoms. The molecule has 1 aliphatic heterocycles. The van der Waals surface area contributed by atoms with Gasteiger partial charge in [0.05, 0.1) is 34.2 Å². The number of nitro benzene ring substituents is 1. The lowest BCUT2D eigenvalue weighted by Gasteiger charge is -2.14. The van der Waals surface area contributed by atoms with Crippen LogP contribution in [0.15, 0.2) is 57.9 Å². The minimum atomic E-state index is -0.661. The fraction of sp³-hybridized carbons (Fsp3) is 0.160. The number of nitrogens with zero attached hydrogens (tertiary/aromatic N) is 2. The first kappa shape index (κ1) is 27.2. The lowest BCUT2D eigenvalue weighted by atomic mass is 10.1. The summed E-state index contributed by atoms with van der Waals surface area (Å²) in [5, 5.41) is 10.5. The molecule has 1 aliphatic rings. The van der Waals surface area contributed by atoms with Crippen LogP contribution in [0.2, 0.25) is 0 Å². The number of thioether (sulfide) groups is 1. The molecule has 0 saturated carbocycles. The second-order valence-corrected chi connectivity index (χ2v) is 9.93. The van der Waals surface area contributed by atoms with Crippen LogP contribution in [0, 0.1) is 13.7 Å². The summed E-state index contributed by atoms with van der Waals surface area (Å²) in [6, 6.07) is 12.5. The van der Waals surface area contributed by atoms with Crippen molar-refractivity contribution in [2.45, 2.75) is 13.2 Å². The van der Waals surface area contributed by atoms with Gasteiger partial charge in [-0.25, -0.2) is 4.79 Å². The minimum Gasteiger partial charge on any atom is -0.493 e. The Bertz CT molecular complexity index is 1470. The van der Waals surface area contributed by atoms with Crippen molar-refractivity contribution in [2.24, 2.45) is 0 Å². The predicted molar refractivity (Wildman–Crippen MR) is 145 cm³/mol. The van der Waals surface area contributed by atoms with E-state index in [4.69, 9.17) is 13.9 Å². The van der Waals surface area contributed by atoms with Crippen molar-refractivity contribution >= 4 is 63.2 Å². The summed E-state index contributed by atoms with van der Waals surface area (Å²) in [5.74, 6) is -0.111. The maximum absolute atomic E-state index is 12.9. The Hall–Kier alpha value is -3.85. The Kier molecular flexibility index (Phi) is 8.36. The van der Waals surface area contributed by atoms with Gasteiger partial charge in [-0.15, -0.1) is 0 Å². The Morgan fingerprint density at radius 1 is 1.18 bits per heavy atom. The fourth-order valence-corrected chi connectivity index (χ4v) is 5.11. The zero-order valence-electron chi connectivity index (χ0n) is 20.0. The number of nitro groups is 1. The average Bonchev–Trinajstić information content (AvgIpc) is 3.47. The summed E-state index contributed by atoms with van der Waals surface area (Å²) in [5.41, 5.74) is 1.18. The van der Waals surface area contributed by atoms with Crippen molar-refractivity contribution in [2.75, 3.05) is 14.2 Å². The van der Waals surface area contributed by atoms with E-state index in [1.54, 1.807) is 30.3 Å². The molecule has 2 heterocycles. The van der Waals surface area contributed by atoms with Crippen LogP contribution in [-0.4, -0.2) is 41.2 Å². The smallest absolute Gasteiger partial charge is 0.373 e. The van der Waals surface area contributed by atoms with Crippen LogP contribution in [0.1, 0.15) is 27.4 Å². The number of esters is 1. The number of halogens is 1. The van der Waals surface area contributed by atoms with Gasteiger partial charge < -0.3 is 18.6 Å². The first-order valence-corrected chi connectivity index (χ1v) is 12.8. The molecule has 0 radical (unpaired) electrons. The Morgan fingerprint density at radius 3 is 2.68 bits per heavy atom. The van der Waals surface area contributed by atoms with E-state index in [1.165, 1.54) is 38.5 Å². The van der Waals surface area contributed by atoms with E-state index in [-0.39, 0.29) is 35.3 Å². The second kappa shape index (κ2) is 11.7. The minimum absolute atomic E-state index is 0.0283. The maximum atomic E-state index is 12.9. The Balaban J connectivity index is 1.50.